The van der Waals surface area contributed by atoms with E-state index in [1.807, 2.05) is 0 Å². The van der Waals surface area contributed by atoms with Crippen LogP contribution in [0.5, 0.6) is 5.75 Å². The maximum atomic E-state index is 13.7. The molecule has 1 aromatic heterocycles. The molecule has 19 heavy (non-hydrogen) atoms. The Kier molecular flexibility index (Phi) is 3.60. The van der Waals surface area contributed by atoms with E-state index >= 15 is 0 Å². The van der Waals surface area contributed by atoms with E-state index in [2.05, 4.69) is 10.5 Å². The van der Waals surface area contributed by atoms with Gasteiger partial charge in [-0.3, -0.25) is 10.1 Å². The number of hydrogen-bond acceptors (Lipinski definition) is 6. The number of nitrogens with one attached hydrogen (secondary N) is 1. The van der Waals surface area contributed by atoms with E-state index in [-0.39, 0.29) is 18.0 Å². The van der Waals surface area contributed by atoms with Gasteiger partial charge >= 0.3 is 5.69 Å². The summed E-state index contributed by atoms with van der Waals surface area (Å²) in [7, 11) is 1.28. The number of nitro groups is 1. The quantitative estimate of drug-likeness (QED) is 0.660. The first kappa shape index (κ1) is 12.8. The van der Waals surface area contributed by atoms with Crippen LogP contribution in [0, 0.1) is 15.9 Å². The Balaban J connectivity index is 2.23. The van der Waals surface area contributed by atoms with Crippen molar-refractivity contribution in [2.24, 2.45) is 0 Å². The van der Waals surface area contributed by atoms with Crippen molar-refractivity contribution in [3.05, 3.63) is 46.1 Å². The third-order valence-corrected chi connectivity index (χ3v) is 2.41. The molecule has 0 atom stereocenters. The Morgan fingerprint density at radius 1 is 1.58 bits per heavy atom. The first-order valence-corrected chi connectivity index (χ1v) is 5.27. The van der Waals surface area contributed by atoms with Crippen molar-refractivity contribution in [1.29, 1.82) is 0 Å². The van der Waals surface area contributed by atoms with Gasteiger partial charge in [-0.05, 0) is 0 Å². The third kappa shape index (κ3) is 2.79. The molecule has 0 amide bonds. The fourth-order valence-electron chi connectivity index (χ4n) is 1.50. The maximum absolute atomic E-state index is 13.7. The number of nitro benzene ring substituents is 1. The standard InChI is InChI=1S/C11H10FN3O4/c1-18-11-5-9(8(12)4-10(11)15(16)17)13-6-7-2-3-14-19-7/h2-5,13H,6H2,1H3. The largest absolute Gasteiger partial charge is 0.490 e. The van der Waals surface area contributed by atoms with E-state index in [1.165, 1.54) is 19.4 Å². The third-order valence-electron chi connectivity index (χ3n) is 2.41. The summed E-state index contributed by atoms with van der Waals surface area (Å²) in [5, 5.41) is 17.0. The lowest BCUT2D eigenvalue weighted by molar-refractivity contribution is -0.385. The van der Waals surface area contributed by atoms with Crippen molar-refractivity contribution >= 4 is 11.4 Å². The van der Waals surface area contributed by atoms with Gasteiger partial charge in [0.2, 0.25) is 0 Å². The molecule has 0 fully saturated rings. The molecule has 0 saturated heterocycles. The lowest BCUT2D eigenvalue weighted by Crippen LogP contribution is -2.03. The van der Waals surface area contributed by atoms with Crippen LogP contribution in [0.1, 0.15) is 5.76 Å². The van der Waals surface area contributed by atoms with E-state index in [0.29, 0.717) is 5.76 Å². The van der Waals surface area contributed by atoms with Gasteiger partial charge in [0, 0.05) is 12.1 Å². The minimum absolute atomic E-state index is 0.0218. The van der Waals surface area contributed by atoms with Crippen LogP contribution < -0.4 is 10.1 Å². The molecule has 0 unspecified atom stereocenters. The number of aromatic nitrogens is 1. The number of methoxy groups -OCH3 is 1. The monoisotopic (exact) mass is 267 g/mol. The molecule has 1 N–H and O–H groups in total. The highest BCUT2D eigenvalue weighted by molar-refractivity contribution is 5.59. The number of halogens is 1. The smallest absolute Gasteiger partial charge is 0.313 e. The molecule has 7 nitrogen and oxygen atoms in total. The van der Waals surface area contributed by atoms with Gasteiger partial charge in [-0.1, -0.05) is 5.16 Å². The highest BCUT2D eigenvalue weighted by atomic mass is 19.1. The fraction of sp³-hybridized carbons (Fsp3) is 0.182. The van der Waals surface area contributed by atoms with Gasteiger partial charge < -0.3 is 14.6 Å². The summed E-state index contributed by atoms with van der Waals surface area (Å²) in [5.74, 6) is -0.254. The van der Waals surface area contributed by atoms with Gasteiger partial charge in [-0.25, -0.2) is 4.39 Å². The number of hydrogen-bond donors (Lipinski definition) is 1. The van der Waals surface area contributed by atoms with Crippen LogP contribution in [0.25, 0.3) is 0 Å². The Labute approximate surface area is 107 Å². The second kappa shape index (κ2) is 5.34. The van der Waals surface area contributed by atoms with E-state index in [0.717, 1.165) is 6.07 Å². The lowest BCUT2D eigenvalue weighted by Gasteiger charge is -2.08. The molecule has 100 valence electrons. The lowest BCUT2D eigenvalue weighted by atomic mass is 10.2. The summed E-state index contributed by atoms with van der Waals surface area (Å²) in [5.41, 5.74) is -0.343. The summed E-state index contributed by atoms with van der Waals surface area (Å²) in [6.45, 7) is 0.206. The van der Waals surface area contributed by atoms with Gasteiger partial charge in [-0.15, -0.1) is 0 Å². The normalized spacial score (nSPS) is 10.2. The van der Waals surface area contributed by atoms with Gasteiger partial charge in [0.25, 0.3) is 0 Å². The van der Waals surface area contributed by atoms with E-state index in [4.69, 9.17) is 9.26 Å². The SMILES string of the molecule is COc1cc(NCc2ccno2)c(F)cc1[N+](=O)[O-]. The molecule has 0 saturated carbocycles. The van der Waals surface area contributed by atoms with Crippen LogP contribution in [-0.2, 0) is 6.54 Å². The van der Waals surface area contributed by atoms with Crippen molar-refractivity contribution in [2.75, 3.05) is 12.4 Å². The molecule has 0 radical (unpaired) electrons. The molecule has 0 aliphatic heterocycles. The van der Waals surface area contributed by atoms with Crippen molar-refractivity contribution < 1.29 is 18.6 Å². The van der Waals surface area contributed by atoms with Gasteiger partial charge in [0.15, 0.2) is 17.3 Å². The van der Waals surface area contributed by atoms with Crippen LogP contribution in [0.3, 0.4) is 0 Å². The molecule has 0 bridgehead atoms. The Morgan fingerprint density at radius 3 is 2.95 bits per heavy atom. The second-order valence-corrected chi connectivity index (χ2v) is 3.59. The molecule has 2 aromatic rings. The summed E-state index contributed by atoms with van der Waals surface area (Å²) < 4.78 is 23.4. The molecule has 2 rings (SSSR count). The van der Waals surface area contributed by atoms with Gasteiger partial charge in [0.05, 0.1) is 36.5 Å². The van der Waals surface area contributed by atoms with E-state index in [9.17, 15) is 14.5 Å². The molecule has 0 aliphatic carbocycles. The summed E-state index contributed by atoms with van der Waals surface area (Å²) in [4.78, 5) is 10.00. The van der Waals surface area contributed by atoms with E-state index in [1.54, 1.807) is 6.07 Å². The molecular weight excluding hydrogens is 257 g/mol. The van der Waals surface area contributed by atoms with Gasteiger partial charge in [0.1, 0.15) is 0 Å². The van der Waals surface area contributed by atoms with Crippen molar-refractivity contribution in [3.63, 3.8) is 0 Å². The highest BCUT2D eigenvalue weighted by Gasteiger charge is 2.19. The topological polar surface area (TPSA) is 90.4 Å². The number of rotatable bonds is 5. The summed E-state index contributed by atoms with van der Waals surface area (Å²) >= 11 is 0. The minimum atomic E-state index is -0.744. The number of nitrogens with zero attached hydrogens (tertiary/aromatic N) is 2. The Bertz CT molecular complexity index is 586. The molecule has 8 heteroatoms. The molecule has 1 aromatic carbocycles. The zero-order valence-electron chi connectivity index (χ0n) is 9.92. The van der Waals surface area contributed by atoms with Gasteiger partial charge in [-0.2, -0.15) is 0 Å². The average Bonchev–Trinajstić information content (AvgIpc) is 2.90. The fourth-order valence-corrected chi connectivity index (χ4v) is 1.50. The molecular formula is C11H10FN3O4. The van der Waals surface area contributed by atoms with E-state index < -0.39 is 16.4 Å². The van der Waals surface area contributed by atoms with Crippen LogP contribution in [-0.4, -0.2) is 17.2 Å². The van der Waals surface area contributed by atoms with Crippen molar-refractivity contribution in [1.82, 2.24) is 5.16 Å². The highest BCUT2D eigenvalue weighted by Crippen LogP contribution is 2.32. The van der Waals surface area contributed by atoms with Crippen LogP contribution in [0.2, 0.25) is 0 Å². The first-order chi connectivity index (χ1) is 9.11. The number of anilines is 1. The second-order valence-electron chi connectivity index (χ2n) is 3.59. The Morgan fingerprint density at radius 2 is 2.37 bits per heavy atom. The zero-order valence-corrected chi connectivity index (χ0v) is 9.92. The molecule has 0 spiro atoms. The van der Waals surface area contributed by atoms with Crippen molar-refractivity contribution in [2.45, 2.75) is 6.54 Å². The van der Waals surface area contributed by atoms with Crippen LogP contribution >= 0.6 is 0 Å². The first-order valence-electron chi connectivity index (χ1n) is 5.27. The number of benzene rings is 1. The number of ether oxygens (including phenoxy) is 1. The summed E-state index contributed by atoms with van der Waals surface area (Å²) in [6, 6.07) is 3.65. The minimum Gasteiger partial charge on any atom is -0.490 e. The average molecular weight is 267 g/mol. The van der Waals surface area contributed by atoms with Crippen molar-refractivity contribution in [3.8, 4) is 5.75 Å². The maximum Gasteiger partial charge on any atom is 0.313 e. The predicted octanol–water partition coefficient (Wildman–Crippen LogP) is 2.34. The van der Waals surface area contributed by atoms with Crippen LogP contribution in [0.4, 0.5) is 15.8 Å². The molecule has 1 heterocycles. The predicted molar refractivity (Wildman–Crippen MR) is 63.4 cm³/mol. The Hall–Kier alpha value is -2.64. The molecule has 0 aliphatic rings. The zero-order chi connectivity index (χ0) is 13.8. The summed E-state index contributed by atoms with van der Waals surface area (Å²) in [6.07, 6.45) is 1.46. The van der Waals surface area contributed by atoms with Crippen LogP contribution in [0.15, 0.2) is 28.9 Å².